The fourth-order valence-corrected chi connectivity index (χ4v) is 12.6. The number of benzene rings is 7. The zero-order valence-electron chi connectivity index (χ0n) is 39.2. The first-order valence-corrected chi connectivity index (χ1v) is 25.5. The Morgan fingerprint density at radius 1 is 0.354 bits per heavy atom. The lowest BCUT2D eigenvalue weighted by Gasteiger charge is -2.28. The van der Waals surface area contributed by atoms with E-state index in [1.165, 1.54) is 169 Å². The molecule has 4 aliphatic rings. The molecule has 0 aromatic heterocycles. The normalized spacial score (nSPS) is 17.7. The van der Waals surface area contributed by atoms with Crippen molar-refractivity contribution in [2.24, 2.45) is 0 Å². The van der Waals surface area contributed by atoms with Crippen LogP contribution in [0.15, 0.2) is 152 Å². The van der Waals surface area contributed by atoms with E-state index >= 15 is 0 Å². The lowest BCUT2D eigenvalue weighted by Crippen LogP contribution is -2.16. The maximum absolute atomic E-state index is 2.62. The summed E-state index contributed by atoms with van der Waals surface area (Å²) in [5, 5.41) is 0. The quantitative estimate of drug-likeness (QED) is 0.140. The highest BCUT2D eigenvalue weighted by Gasteiger charge is 2.36. The molecule has 65 heavy (non-hydrogen) atoms. The van der Waals surface area contributed by atoms with E-state index in [0.29, 0.717) is 11.8 Å². The van der Waals surface area contributed by atoms with Crippen LogP contribution in [0.3, 0.4) is 0 Å². The summed E-state index contributed by atoms with van der Waals surface area (Å²) in [5.41, 5.74) is 22.8. The van der Waals surface area contributed by atoms with Gasteiger partial charge in [-0.05, 0) is 177 Å². The van der Waals surface area contributed by atoms with Crippen LogP contribution >= 0.6 is 0 Å². The molecule has 1 heteroatoms. The van der Waals surface area contributed by atoms with E-state index in [1.807, 2.05) is 0 Å². The molecule has 7 aromatic carbocycles. The SMILES string of the molecule is Cc1cc(-c2cc(C3CCCCC3)cc(C3CCCCC3)c2)ccc1-c1ccc(N(c2ccc(-c3ccc(C4CCCCC4)cc3)cc2)c2ccc3c(c2)C(C)(C)c2ccccc2-3)cc1. The Labute approximate surface area is 390 Å². The molecule has 11 rings (SSSR count). The maximum atomic E-state index is 2.62. The topological polar surface area (TPSA) is 3.24 Å². The van der Waals surface area contributed by atoms with Crippen LogP contribution < -0.4 is 4.90 Å². The van der Waals surface area contributed by atoms with E-state index in [0.717, 1.165) is 17.3 Å². The monoisotopic (exact) mass is 850 g/mol. The largest absolute Gasteiger partial charge is 0.310 e. The van der Waals surface area contributed by atoms with Gasteiger partial charge in [0.2, 0.25) is 0 Å². The minimum atomic E-state index is -0.0799. The fraction of sp³-hybridized carbons (Fsp3) is 0.344. The molecule has 0 heterocycles. The van der Waals surface area contributed by atoms with E-state index < -0.39 is 0 Å². The number of hydrogen-bond acceptors (Lipinski definition) is 1. The summed E-state index contributed by atoms with van der Waals surface area (Å²) in [6.45, 7) is 7.07. The standard InChI is InChI=1S/C64H67N/c1-44-39-52(55-41-53(46-17-9-5-10-18-46)40-54(42-55)47-19-11-6-12-20-47)31-37-59(44)51-29-34-57(35-30-51)65(58-36-38-61-60-21-13-14-22-62(60)64(2,3)63(61)43-58)56-32-27-50(28-33-56)49-25-23-48(24-26-49)45-15-7-4-8-16-45/h13-14,21-43,45-47H,4-12,15-20H2,1-3H3. The second-order valence-corrected chi connectivity index (χ2v) is 20.9. The van der Waals surface area contributed by atoms with Gasteiger partial charge in [-0.2, -0.15) is 0 Å². The maximum Gasteiger partial charge on any atom is 0.0465 e. The van der Waals surface area contributed by atoms with Crippen molar-refractivity contribution in [3.05, 3.63) is 185 Å². The molecule has 4 aliphatic carbocycles. The second kappa shape index (κ2) is 18.0. The first kappa shape index (κ1) is 42.0. The number of fused-ring (bicyclic) bond motifs is 3. The number of aryl methyl sites for hydroxylation is 1. The molecule has 0 saturated heterocycles. The Morgan fingerprint density at radius 3 is 1.38 bits per heavy atom. The van der Waals surface area contributed by atoms with Crippen LogP contribution in [0.2, 0.25) is 0 Å². The smallest absolute Gasteiger partial charge is 0.0465 e. The van der Waals surface area contributed by atoms with Crippen molar-refractivity contribution in [3.63, 3.8) is 0 Å². The van der Waals surface area contributed by atoms with E-state index in [9.17, 15) is 0 Å². The highest BCUT2D eigenvalue weighted by molar-refractivity contribution is 5.86. The molecule has 0 N–H and O–H groups in total. The molecule has 328 valence electrons. The van der Waals surface area contributed by atoms with Crippen LogP contribution in [0.25, 0.3) is 44.5 Å². The summed E-state index contributed by atoms with van der Waals surface area (Å²) in [6.07, 6.45) is 20.5. The molecule has 0 radical (unpaired) electrons. The fourth-order valence-electron chi connectivity index (χ4n) is 12.6. The van der Waals surface area contributed by atoms with Gasteiger partial charge in [-0.15, -0.1) is 0 Å². The van der Waals surface area contributed by atoms with Gasteiger partial charge in [0.1, 0.15) is 0 Å². The first-order chi connectivity index (χ1) is 31.9. The predicted octanol–water partition coefficient (Wildman–Crippen LogP) is 18.9. The Balaban J connectivity index is 0.916. The Bertz CT molecular complexity index is 2730. The first-order valence-electron chi connectivity index (χ1n) is 25.5. The predicted molar refractivity (Wildman–Crippen MR) is 277 cm³/mol. The summed E-state index contributed by atoms with van der Waals surface area (Å²) in [5.74, 6) is 2.15. The lowest BCUT2D eigenvalue weighted by atomic mass is 9.78. The number of rotatable bonds is 9. The summed E-state index contributed by atoms with van der Waals surface area (Å²) in [6, 6.07) is 59.1. The average molecular weight is 850 g/mol. The Hall–Kier alpha value is -5.66. The molecule has 0 atom stereocenters. The van der Waals surface area contributed by atoms with E-state index in [2.05, 4.69) is 177 Å². The molecule has 3 fully saturated rings. The molecule has 0 unspecified atom stereocenters. The van der Waals surface area contributed by atoms with Crippen LogP contribution in [0, 0.1) is 6.92 Å². The van der Waals surface area contributed by atoms with Gasteiger partial charge in [-0.3, -0.25) is 0 Å². The molecule has 7 aromatic rings. The van der Waals surface area contributed by atoms with E-state index in [-0.39, 0.29) is 5.41 Å². The molecule has 3 saturated carbocycles. The summed E-state index contributed by atoms with van der Waals surface area (Å²) >= 11 is 0. The second-order valence-electron chi connectivity index (χ2n) is 20.9. The van der Waals surface area contributed by atoms with E-state index in [1.54, 1.807) is 11.1 Å². The molecular formula is C64H67N. The minimum absolute atomic E-state index is 0.0799. The Kier molecular flexibility index (Phi) is 11.6. The third kappa shape index (κ3) is 8.30. The zero-order valence-corrected chi connectivity index (χ0v) is 39.2. The van der Waals surface area contributed by atoms with Gasteiger partial charge >= 0.3 is 0 Å². The minimum Gasteiger partial charge on any atom is -0.310 e. The Morgan fingerprint density at radius 2 is 0.815 bits per heavy atom. The zero-order chi connectivity index (χ0) is 43.9. The van der Waals surface area contributed by atoms with Gasteiger partial charge < -0.3 is 4.90 Å². The van der Waals surface area contributed by atoms with Gasteiger partial charge in [0.25, 0.3) is 0 Å². The van der Waals surface area contributed by atoms with Crippen molar-refractivity contribution >= 4 is 17.1 Å². The van der Waals surface area contributed by atoms with Crippen molar-refractivity contribution in [2.75, 3.05) is 4.90 Å². The third-order valence-corrected chi connectivity index (χ3v) is 16.4. The van der Waals surface area contributed by atoms with Gasteiger partial charge in [-0.1, -0.05) is 187 Å². The van der Waals surface area contributed by atoms with Gasteiger partial charge in [0, 0.05) is 22.5 Å². The van der Waals surface area contributed by atoms with Gasteiger partial charge in [0.15, 0.2) is 0 Å². The highest BCUT2D eigenvalue weighted by Crippen LogP contribution is 2.51. The van der Waals surface area contributed by atoms with Gasteiger partial charge in [0.05, 0.1) is 0 Å². The summed E-state index contributed by atoms with van der Waals surface area (Å²) in [4.78, 5) is 2.46. The van der Waals surface area contributed by atoms with Crippen LogP contribution in [0.4, 0.5) is 17.1 Å². The van der Waals surface area contributed by atoms with Crippen LogP contribution in [-0.2, 0) is 5.41 Å². The number of anilines is 3. The molecule has 0 spiro atoms. The van der Waals surface area contributed by atoms with Crippen LogP contribution in [-0.4, -0.2) is 0 Å². The summed E-state index contributed by atoms with van der Waals surface area (Å²) < 4.78 is 0. The number of hydrogen-bond donors (Lipinski definition) is 0. The molecule has 0 amide bonds. The molecule has 0 bridgehead atoms. The van der Waals surface area contributed by atoms with Gasteiger partial charge in [-0.25, -0.2) is 0 Å². The van der Waals surface area contributed by atoms with E-state index in [4.69, 9.17) is 0 Å². The lowest BCUT2D eigenvalue weighted by molar-refractivity contribution is 0.435. The van der Waals surface area contributed by atoms with Crippen molar-refractivity contribution in [1.29, 1.82) is 0 Å². The molecular weight excluding hydrogens is 783 g/mol. The van der Waals surface area contributed by atoms with Crippen molar-refractivity contribution < 1.29 is 0 Å². The summed E-state index contributed by atoms with van der Waals surface area (Å²) in [7, 11) is 0. The van der Waals surface area contributed by atoms with Crippen molar-refractivity contribution in [3.8, 4) is 44.5 Å². The van der Waals surface area contributed by atoms with Crippen LogP contribution in [0.5, 0.6) is 0 Å². The average Bonchev–Trinajstić information content (AvgIpc) is 3.60. The molecule has 1 nitrogen and oxygen atoms in total. The number of nitrogens with zero attached hydrogens (tertiary/aromatic N) is 1. The van der Waals surface area contributed by atoms with Crippen LogP contribution in [0.1, 0.15) is 161 Å². The molecule has 0 aliphatic heterocycles. The van der Waals surface area contributed by atoms with Crippen molar-refractivity contribution in [1.82, 2.24) is 0 Å². The highest BCUT2D eigenvalue weighted by atomic mass is 15.1. The van der Waals surface area contributed by atoms with Crippen molar-refractivity contribution in [2.45, 2.75) is 140 Å². The third-order valence-electron chi connectivity index (χ3n) is 16.4.